The molecule has 1 aromatic rings. The first-order chi connectivity index (χ1) is 13.7. The summed E-state index contributed by atoms with van der Waals surface area (Å²) >= 11 is 0. The van der Waals surface area contributed by atoms with Gasteiger partial charge in [-0.3, -0.25) is 0 Å². The first-order valence-electron chi connectivity index (χ1n) is 10.1. The minimum absolute atomic E-state index is 0.0457. The first kappa shape index (κ1) is 18.1. The number of morpholine rings is 1. The second-order valence-electron chi connectivity index (χ2n) is 7.96. The van der Waals surface area contributed by atoms with E-state index in [1.165, 1.54) is 0 Å². The van der Waals surface area contributed by atoms with E-state index in [0.717, 1.165) is 56.9 Å². The van der Waals surface area contributed by atoms with Crippen molar-refractivity contribution in [1.82, 2.24) is 4.98 Å². The number of ether oxygens (including phenoxy) is 4. The summed E-state index contributed by atoms with van der Waals surface area (Å²) in [6.45, 7) is 3.62. The lowest BCUT2D eigenvalue weighted by Gasteiger charge is -2.38. The lowest BCUT2D eigenvalue weighted by Crippen LogP contribution is -2.47. The molecule has 150 valence electrons. The number of hydrogen-bond donors (Lipinski definition) is 0. The summed E-state index contributed by atoms with van der Waals surface area (Å²) in [6.07, 6.45) is 6.24. The molecule has 0 N–H and O–H groups in total. The van der Waals surface area contributed by atoms with Crippen LogP contribution < -0.4 is 4.90 Å². The molecule has 28 heavy (non-hydrogen) atoms. The van der Waals surface area contributed by atoms with Gasteiger partial charge >= 0.3 is 5.97 Å². The molecule has 2 aliphatic heterocycles. The van der Waals surface area contributed by atoms with Crippen LogP contribution in [0.2, 0.25) is 0 Å². The number of hydrogen-bond acceptors (Lipinski definition) is 7. The zero-order valence-corrected chi connectivity index (χ0v) is 16.1. The highest BCUT2D eigenvalue weighted by molar-refractivity contribution is 5.94. The molecular formula is C21H26N2O5. The normalized spacial score (nSPS) is 34.2. The Labute approximate surface area is 164 Å². The number of pyridine rings is 1. The highest BCUT2D eigenvalue weighted by Gasteiger charge is 2.64. The van der Waals surface area contributed by atoms with E-state index in [1.54, 1.807) is 7.11 Å². The third kappa shape index (κ3) is 2.84. The third-order valence-electron chi connectivity index (χ3n) is 6.55. The number of esters is 1. The van der Waals surface area contributed by atoms with Gasteiger partial charge in [0.2, 0.25) is 0 Å². The van der Waals surface area contributed by atoms with Gasteiger partial charge in [0.25, 0.3) is 0 Å². The maximum atomic E-state index is 12.4. The Morgan fingerprint density at radius 3 is 2.89 bits per heavy atom. The summed E-state index contributed by atoms with van der Waals surface area (Å²) in [5.41, 5.74) is 1.02. The number of methoxy groups -OCH3 is 1. The summed E-state index contributed by atoms with van der Waals surface area (Å²) in [5.74, 6) is 0.956. The standard InChI is InChI=1S/C21H26N2O5/c1-25-16-10-15-3-4-18-21(15,17(11-16)20(24)28-18)27-13-14-2-5-19(22-12-14)23-6-8-26-9-7-23/h2,5,11-12,15-16,18H,3-4,6-10,13H2,1H3/t15?,16?,18-,21+/m1/s1. The minimum Gasteiger partial charge on any atom is -0.455 e. The highest BCUT2D eigenvalue weighted by Crippen LogP contribution is 2.54. The summed E-state index contributed by atoms with van der Waals surface area (Å²) in [4.78, 5) is 19.3. The van der Waals surface area contributed by atoms with E-state index in [0.29, 0.717) is 12.2 Å². The summed E-state index contributed by atoms with van der Waals surface area (Å²) in [6, 6.07) is 4.09. The highest BCUT2D eigenvalue weighted by atomic mass is 16.6. The van der Waals surface area contributed by atoms with Crippen LogP contribution >= 0.6 is 0 Å². The molecule has 2 aliphatic carbocycles. The molecule has 3 heterocycles. The number of carbonyl (C=O) groups is 1. The van der Waals surface area contributed by atoms with Gasteiger partial charge in [-0.15, -0.1) is 0 Å². The van der Waals surface area contributed by atoms with Crippen molar-refractivity contribution in [2.75, 3.05) is 38.3 Å². The van der Waals surface area contributed by atoms with Crippen LogP contribution in [0, 0.1) is 5.92 Å². The number of rotatable bonds is 5. The Bertz CT molecular complexity index is 774. The number of nitrogens with zero attached hydrogens (tertiary/aromatic N) is 2. The maximum absolute atomic E-state index is 12.4. The van der Waals surface area contributed by atoms with E-state index in [1.807, 2.05) is 18.3 Å². The van der Waals surface area contributed by atoms with Gasteiger partial charge in [0, 0.05) is 26.4 Å². The lowest BCUT2D eigenvalue weighted by atomic mass is 9.75. The molecule has 2 unspecified atom stereocenters. The summed E-state index contributed by atoms with van der Waals surface area (Å²) < 4.78 is 23.0. The van der Waals surface area contributed by atoms with Crippen molar-refractivity contribution in [1.29, 1.82) is 0 Å². The molecule has 1 saturated carbocycles. The van der Waals surface area contributed by atoms with Crippen LogP contribution in [0.4, 0.5) is 5.82 Å². The molecule has 2 saturated heterocycles. The van der Waals surface area contributed by atoms with Gasteiger partial charge in [-0.2, -0.15) is 0 Å². The molecule has 1 aromatic heterocycles. The van der Waals surface area contributed by atoms with Gasteiger partial charge in [0.1, 0.15) is 17.5 Å². The fourth-order valence-corrected chi connectivity index (χ4v) is 5.10. The second-order valence-corrected chi connectivity index (χ2v) is 7.96. The zero-order valence-electron chi connectivity index (χ0n) is 16.1. The molecule has 0 amide bonds. The van der Waals surface area contributed by atoms with Crippen molar-refractivity contribution in [3.63, 3.8) is 0 Å². The molecule has 5 rings (SSSR count). The van der Waals surface area contributed by atoms with Crippen LogP contribution in [0.25, 0.3) is 0 Å². The molecule has 0 aromatic carbocycles. The largest absolute Gasteiger partial charge is 0.455 e. The smallest absolute Gasteiger partial charge is 0.337 e. The van der Waals surface area contributed by atoms with Crippen molar-refractivity contribution < 1.29 is 23.7 Å². The Morgan fingerprint density at radius 2 is 2.14 bits per heavy atom. The van der Waals surface area contributed by atoms with Crippen molar-refractivity contribution >= 4 is 11.8 Å². The molecule has 7 nitrogen and oxygen atoms in total. The molecule has 0 spiro atoms. The van der Waals surface area contributed by atoms with Crippen LogP contribution in [0.3, 0.4) is 0 Å². The Morgan fingerprint density at radius 1 is 1.29 bits per heavy atom. The fourth-order valence-electron chi connectivity index (χ4n) is 5.10. The van der Waals surface area contributed by atoms with E-state index < -0.39 is 5.60 Å². The molecule has 0 radical (unpaired) electrons. The van der Waals surface area contributed by atoms with Gasteiger partial charge in [-0.05, 0) is 42.9 Å². The average Bonchev–Trinajstić information content (AvgIpc) is 3.24. The van der Waals surface area contributed by atoms with E-state index in [9.17, 15) is 4.79 Å². The van der Waals surface area contributed by atoms with E-state index in [2.05, 4.69) is 16.0 Å². The summed E-state index contributed by atoms with van der Waals surface area (Å²) in [5, 5.41) is 0. The Kier molecular flexibility index (Phi) is 4.61. The molecule has 4 aliphatic rings. The van der Waals surface area contributed by atoms with Crippen molar-refractivity contribution in [3.8, 4) is 0 Å². The van der Waals surface area contributed by atoms with Crippen LogP contribution in [0.1, 0.15) is 24.8 Å². The van der Waals surface area contributed by atoms with Gasteiger partial charge < -0.3 is 23.8 Å². The average molecular weight is 386 g/mol. The monoisotopic (exact) mass is 386 g/mol. The molecule has 0 bridgehead atoms. The van der Waals surface area contributed by atoms with Crippen molar-refractivity contribution in [2.24, 2.45) is 5.92 Å². The quantitative estimate of drug-likeness (QED) is 0.716. The zero-order chi connectivity index (χ0) is 19.1. The Balaban J connectivity index is 1.33. The van der Waals surface area contributed by atoms with Gasteiger partial charge in [-0.1, -0.05) is 6.07 Å². The van der Waals surface area contributed by atoms with Crippen LogP contribution in [-0.2, 0) is 30.3 Å². The third-order valence-corrected chi connectivity index (χ3v) is 6.55. The van der Waals surface area contributed by atoms with Crippen molar-refractivity contribution in [2.45, 2.75) is 43.7 Å². The molecule has 4 atom stereocenters. The number of anilines is 1. The second kappa shape index (κ2) is 7.13. The minimum atomic E-state index is -0.630. The van der Waals surface area contributed by atoms with Gasteiger partial charge in [-0.25, -0.2) is 9.78 Å². The number of aromatic nitrogens is 1. The van der Waals surface area contributed by atoms with Crippen LogP contribution in [0.15, 0.2) is 30.0 Å². The van der Waals surface area contributed by atoms with Gasteiger partial charge in [0.15, 0.2) is 0 Å². The molecule has 7 heteroatoms. The maximum Gasteiger partial charge on any atom is 0.337 e. The predicted molar refractivity (Wildman–Crippen MR) is 101 cm³/mol. The van der Waals surface area contributed by atoms with Gasteiger partial charge in [0.05, 0.1) is 31.5 Å². The SMILES string of the molecule is COC1C=C2C(=O)O[C@@H]3CCC(C1)[C@]23OCc1ccc(N2CCOCC2)nc1. The predicted octanol–water partition coefficient (Wildman–Crippen LogP) is 1.85. The first-order valence-corrected chi connectivity index (χ1v) is 10.1. The summed E-state index contributed by atoms with van der Waals surface area (Å²) in [7, 11) is 1.68. The number of carbonyl (C=O) groups excluding carboxylic acids is 1. The van der Waals surface area contributed by atoms with E-state index in [4.69, 9.17) is 18.9 Å². The molecular weight excluding hydrogens is 360 g/mol. The van der Waals surface area contributed by atoms with Crippen molar-refractivity contribution in [3.05, 3.63) is 35.5 Å². The van der Waals surface area contributed by atoms with E-state index in [-0.39, 0.29) is 24.1 Å². The van der Waals surface area contributed by atoms with E-state index >= 15 is 0 Å². The van der Waals surface area contributed by atoms with Crippen LogP contribution in [-0.4, -0.2) is 62.2 Å². The topological polar surface area (TPSA) is 70.1 Å². The van der Waals surface area contributed by atoms with Crippen LogP contribution in [0.5, 0.6) is 0 Å². The molecule has 3 fully saturated rings. The lowest BCUT2D eigenvalue weighted by molar-refractivity contribution is -0.142. The Hall–Kier alpha value is -1.96. The fraction of sp³-hybridized carbons (Fsp3) is 0.619.